The molecule has 160 valence electrons. The van der Waals surface area contributed by atoms with Gasteiger partial charge in [-0.25, -0.2) is 0 Å². The number of likely N-dealkylation sites (tertiary alicyclic amines) is 1. The first-order chi connectivity index (χ1) is 13.1. The zero-order valence-electron chi connectivity index (χ0n) is 17.7. The largest absolute Gasteiger partial charge is 0.497 e. The SMILES string of the molecule is CCN1CCC(CCNC(=NC)NCC(C)Oc2cccc(OC)c2)CC1.I. The third kappa shape index (κ3) is 8.86. The Hall–Kier alpha value is -1.22. The van der Waals surface area contributed by atoms with Gasteiger partial charge in [-0.1, -0.05) is 13.0 Å². The van der Waals surface area contributed by atoms with Crippen LogP contribution in [0.3, 0.4) is 0 Å². The molecule has 0 aromatic heterocycles. The van der Waals surface area contributed by atoms with Crippen LogP contribution < -0.4 is 20.1 Å². The summed E-state index contributed by atoms with van der Waals surface area (Å²) in [6.07, 6.45) is 3.85. The van der Waals surface area contributed by atoms with Crippen molar-refractivity contribution in [3.05, 3.63) is 24.3 Å². The van der Waals surface area contributed by atoms with Crippen LogP contribution in [-0.2, 0) is 0 Å². The highest BCUT2D eigenvalue weighted by Crippen LogP contribution is 2.20. The molecule has 7 heteroatoms. The molecule has 2 N–H and O–H groups in total. The van der Waals surface area contributed by atoms with Crippen molar-refractivity contribution in [1.82, 2.24) is 15.5 Å². The molecule has 1 aliphatic heterocycles. The molecule has 1 aromatic rings. The number of nitrogens with zero attached hydrogens (tertiary/aromatic N) is 2. The third-order valence-corrected chi connectivity index (χ3v) is 5.16. The first kappa shape index (κ1) is 24.8. The Kier molecular flexibility index (Phi) is 12.3. The molecule has 2 rings (SSSR count). The number of rotatable bonds is 9. The molecule has 1 saturated heterocycles. The molecule has 1 aliphatic rings. The Morgan fingerprint density at radius 2 is 1.96 bits per heavy atom. The van der Waals surface area contributed by atoms with Crippen LogP contribution in [0.15, 0.2) is 29.3 Å². The van der Waals surface area contributed by atoms with Crippen LogP contribution in [0, 0.1) is 5.92 Å². The molecular formula is C21H37IN4O2. The van der Waals surface area contributed by atoms with E-state index in [1.807, 2.05) is 38.2 Å². The summed E-state index contributed by atoms with van der Waals surface area (Å²) in [7, 11) is 3.47. The number of guanidine groups is 1. The minimum absolute atomic E-state index is 0. The molecule has 28 heavy (non-hydrogen) atoms. The predicted molar refractivity (Wildman–Crippen MR) is 127 cm³/mol. The van der Waals surface area contributed by atoms with E-state index >= 15 is 0 Å². The van der Waals surface area contributed by atoms with Gasteiger partial charge in [0.1, 0.15) is 17.6 Å². The minimum atomic E-state index is 0. The van der Waals surface area contributed by atoms with Crippen molar-refractivity contribution >= 4 is 29.9 Å². The average molecular weight is 504 g/mol. The van der Waals surface area contributed by atoms with E-state index < -0.39 is 0 Å². The summed E-state index contributed by atoms with van der Waals surface area (Å²) in [5, 5.41) is 6.78. The van der Waals surface area contributed by atoms with Gasteiger partial charge >= 0.3 is 0 Å². The van der Waals surface area contributed by atoms with Crippen molar-refractivity contribution < 1.29 is 9.47 Å². The number of halogens is 1. The summed E-state index contributed by atoms with van der Waals surface area (Å²) in [5.41, 5.74) is 0. The van der Waals surface area contributed by atoms with Gasteiger partial charge in [-0.15, -0.1) is 24.0 Å². The smallest absolute Gasteiger partial charge is 0.191 e. The van der Waals surface area contributed by atoms with E-state index in [1.165, 1.54) is 38.9 Å². The molecule has 6 nitrogen and oxygen atoms in total. The van der Waals surface area contributed by atoms with Crippen LogP contribution in [-0.4, -0.2) is 63.8 Å². The molecule has 1 heterocycles. The zero-order valence-corrected chi connectivity index (χ0v) is 20.1. The Morgan fingerprint density at radius 1 is 1.25 bits per heavy atom. The maximum Gasteiger partial charge on any atom is 0.191 e. The van der Waals surface area contributed by atoms with Gasteiger partial charge in [-0.2, -0.15) is 0 Å². The molecule has 0 aliphatic carbocycles. The van der Waals surface area contributed by atoms with E-state index in [2.05, 4.69) is 27.4 Å². The van der Waals surface area contributed by atoms with Crippen LogP contribution in [0.2, 0.25) is 0 Å². The predicted octanol–water partition coefficient (Wildman–Crippen LogP) is 3.37. The normalized spacial score (nSPS) is 16.8. The highest BCUT2D eigenvalue weighted by Gasteiger charge is 2.17. The lowest BCUT2D eigenvalue weighted by atomic mass is 9.93. The Morgan fingerprint density at radius 3 is 2.61 bits per heavy atom. The van der Waals surface area contributed by atoms with Crippen LogP contribution in [0.1, 0.15) is 33.1 Å². The molecular weight excluding hydrogens is 467 g/mol. The average Bonchev–Trinajstić information content (AvgIpc) is 2.71. The second-order valence-electron chi connectivity index (χ2n) is 7.15. The molecule has 1 atom stereocenters. The molecule has 0 radical (unpaired) electrons. The second-order valence-corrected chi connectivity index (χ2v) is 7.15. The number of methoxy groups -OCH3 is 1. The number of benzene rings is 1. The van der Waals surface area contributed by atoms with Gasteiger partial charge in [0.05, 0.1) is 13.7 Å². The summed E-state index contributed by atoms with van der Waals surface area (Å²) < 4.78 is 11.2. The molecule has 1 aromatic carbocycles. The summed E-state index contributed by atoms with van der Waals surface area (Å²) >= 11 is 0. The maximum atomic E-state index is 5.94. The molecule has 0 saturated carbocycles. The van der Waals surface area contributed by atoms with Crippen LogP contribution in [0.4, 0.5) is 0 Å². The standard InChI is InChI=1S/C21H36N4O2.HI/c1-5-25-13-10-18(11-14-25)9-12-23-21(22-3)24-16-17(2)27-20-8-6-7-19(15-20)26-4;/h6-8,15,17-18H,5,9-14,16H2,1-4H3,(H2,22,23,24);1H. The van der Waals surface area contributed by atoms with Gasteiger partial charge in [-0.05, 0) is 63.9 Å². The first-order valence-corrected chi connectivity index (χ1v) is 10.1. The van der Waals surface area contributed by atoms with Crippen molar-refractivity contribution in [2.45, 2.75) is 39.2 Å². The van der Waals surface area contributed by atoms with Crippen molar-refractivity contribution in [2.75, 3.05) is 46.9 Å². The fraction of sp³-hybridized carbons (Fsp3) is 0.667. The van der Waals surface area contributed by atoms with Gasteiger partial charge in [-0.3, -0.25) is 4.99 Å². The van der Waals surface area contributed by atoms with E-state index in [0.29, 0.717) is 6.54 Å². The number of aliphatic imine (C=N–C) groups is 1. The quantitative estimate of drug-likeness (QED) is 0.307. The number of nitrogens with one attached hydrogen (secondary N) is 2. The Labute approximate surface area is 187 Å². The summed E-state index contributed by atoms with van der Waals surface area (Å²) in [6.45, 7) is 9.60. The molecule has 1 unspecified atom stereocenters. The van der Waals surface area contributed by atoms with Crippen molar-refractivity contribution in [3.8, 4) is 11.5 Å². The second kappa shape index (κ2) is 13.9. The van der Waals surface area contributed by atoms with Gasteiger partial charge in [0, 0.05) is 19.7 Å². The van der Waals surface area contributed by atoms with Gasteiger partial charge in [0.2, 0.25) is 0 Å². The van der Waals surface area contributed by atoms with E-state index in [1.54, 1.807) is 7.11 Å². The van der Waals surface area contributed by atoms with E-state index in [-0.39, 0.29) is 30.1 Å². The Bertz CT molecular complexity index is 577. The first-order valence-electron chi connectivity index (χ1n) is 10.1. The van der Waals surface area contributed by atoms with E-state index in [0.717, 1.165) is 29.9 Å². The monoisotopic (exact) mass is 504 g/mol. The molecule has 0 bridgehead atoms. The lowest BCUT2D eigenvalue weighted by molar-refractivity contribution is 0.187. The summed E-state index contributed by atoms with van der Waals surface area (Å²) in [4.78, 5) is 6.85. The van der Waals surface area contributed by atoms with Gasteiger partial charge < -0.3 is 25.0 Å². The molecule has 0 amide bonds. The van der Waals surface area contributed by atoms with Crippen molar-refractivity contribution in [2.24, 2.45) is 10.9 Å². The minimum Gasteiger partial charge on any atom is -0.497 e. The highest BCUT2D eigenvalue weighted by molar-refractivity contribution is 14.0. The Balaban J connectivity index is 0.00000392. The van der Waals surface area contributed by atoms with Crippen molar-refractivity contribution in [1.29, 1.82) is 0 Å². The number of piperidine rings is 1. The lowest BCUT2D eigenvalue weighted by Crippen LogP contribution is -2.42. The topological polar surface area (TPSA) is 58.1 Å². The van der Waals surface area contributed by atoms with Gasteiger partial charge in [0.15, 0.2) is 5.96 Å². The van der Waals surface area contributed by atoms with Crippen molar-refractivity contribution in [3.63, 3.8) is 0 Å². The fourth-order valence-corrected chi connectivity index (χ4v) is 3.40. The maximum absolute atomic E-state index is 5.94. The molecule has 1 fully saturated rings. The summed E-state index contributed by atoms with van der Waals surface area (Å²) in [5.74, 6) is 3.27. The zero-order chi connectivity index (χ0) is 19.5. The van der Waals surface area contributed by atoms with Gasteiger partial charge in [0.25, 0.3) is 0 Å². The molecule has 0 spiro atoms. The fourth-order valence-electron chi connectivity index (χ4n) is 3.40. The highest BCUT2D eigenvalue weighted by atomic mass is 127. The summed E-state index contributed by atoms with van der Waals surface area (Å²) in [6, 6.07) is 7.68. The lowest BCUT2D eigenvalue weighted by Gasteiger charge is -2.31. The number of ether oxygens (including phenoxy) is 2. The van der Waals surface area contributed by atoms with Crippen LogP contribution >= 0.6 is 24.0 Å². The number of hydrogen-bond donors (Lipinski definition) is 2. The number of hydrogen-bond acceptors (Lipinski definition) is 4. The van der Waals surface area contributed by atoms with Crippen LogP contribution in [0.25, 0.3) is 0 Å². The van der Waals surface area contributed by atoms with E-state index in [4.69, 9.17) is 9.47 Å². The van der Waals surface area contributed by atoms with Crippen LogP contribution in [0.5, 0.6) is 11.5 Å². The third-order valence-electron chi connectivity index (χ3n) is 5.16. The van der Waals surface area contributed by atoms with E-state index in [9.17, 15) is 0 Å².